The molecule has 1 aromatic rings. The number of amides is 1. The lowest BCUT2D eigenvalue weighted by molar-refractivity contribution is -0.124. The third kappa shape index (κ3) is 2.65. The van der Waals surface area contributed by atoms with Crippen LogP contribution in [-0.2, 0) is 11.3 Å². The van der Waals surface area contributed by atoms with Crippen LogP contribution >= 0.6 is 0 Å². The van der Waals surface area contributed by atoms with Gasteiger partial charge in [0, 0.05) is 18.7 Å². The molecule has 1 fully saturated rings. The molecular weight excluding hydrogens is 224 g/mol. The van der Waals surface area contributed by atoms with Gasteiger partial charge in [-0.15, -0.1) is 0 Å². The van der Waals surface area contributed by atoms with Gasteiger partial charge in [-0.05, 0) is 13.0 Å². The molecule has 0 unspecified atom stereocenters. The number of hydrogen-bond acceptors (Lipinski definition) is 4. The Balaban J connectivity index is 2.05. The Morgan fingerprint density at radius 3 is 3.00 bits per heavy atom. The van der Waals surface area contributed by atoms with E-state index in [1.54, 1.807) is 13.0 Å². The number of aryl methyl sites for hydroxylation is 1. The lowest BCUT2D eigenvalue weighted by atomic mass is 10.2. The van der Waals surface area contributed by atoms with E-state index in [2.05, 4.69) is 5.32 Å². The zero-order chi connectivity index (χ0) is 12.4. The van der Waals surface area contributed by atoms with Crippen molar-refractivity contribution in [2.75, 3.05) is 19.6 Å². The fourth-order valence-electron chi connectivity index (χ4n) is 1.89. The van der Waals surface area contributed by atoms with Crippen LogP contribution < -0.4 is 5.32 Å². The van der Waals surface area contributed by atoms with Crippen molar-refractivity contribution in [3.63, 3.8) is 0 Å². The summed E-state index contributed by atoms with van der Waals surface area (Å²) >= 11 is 0. The van der Waals surface area contributed by atoms with Crippen molar-refractivity contribution in [3.8, 4) is 0 Å². The van der Waals surface area contributed by atoms with Gasteiger partial charge in [-0.3, -0.25) is 9.69 Å². The number of aromatic carboxylic acids is 1. The monoisotopic (exact) mass is 238 g/mol. The molecule has 6 nitrogen and oxygen atoms in total. The molecule has 1 aromatic heterocycles. The van der Waals surface area contributed by atoms with Crippen LogP contribution in [0.3, 0.4) is 0 Å². The van der Waals surface area contributed by atoms with Crippen LogP contribution in [0.1, 0.15) is 21.9 Å². The maximum absolute atomic E-state index is 11.2. The van der Waals surface area contributed by atoms with E-state index in [-0.39, 0.29) is 11.7 Å². The molecule has 17 heavy (non-hydrogen) atoms. The van der Waals surface area contributed by atoms with Crippen LogP contribution in [0, 0.1) is 6.92 Å². The van der Waals surface area contributed by atoms with Gasteiger partial charge in [0.05, 0.1) is 13.1 Å². The molecule has 0 saturated carbocycles. The second-order valence-electron chi connectivity index (χ2n) is 4.09. The highest BCUT2D eigenvalue weighted by Gasteiger charge is 2.19. The minimum Gasteiger partial charge on any atom is -0.475 e. The zero-order valence-corrected chi connectivity index (χ0v) is 9.52. The Morgan fingerprint density at radius 1 is 1.65 bits per heavy atom. The average molecular weight is 238 g/mol. The van der Waals surface area contributed by atoms with Crippen molar-refractivity contribution in [2.45, 2.75) is 13.5 Å². The summed E-state index contributed by atoms with van der Waals surface area (Å²) < 4.78 is 5.24. The first-order valence-corrected chi connectivity index (χ1v) is 5.38. The molecule has 1 aliphatic heterocycles. The molecule has 0 radical (unpaired) electrons. The van der Waals surface area contributed by atoms with E-state index in [9.17, 15) is 9.59 Å². The number of carbonyl (C=O) groups is 2. The third-order valence-electron chi connectivity index (χ3n) is 2.66. The average Bonchev–Trinajstić information content (AvgIpc) is 2.59. The molecular formula is C11H14N2O4. The molecule has 1 aliphatic rings. The van der Waals surface area contributed by atoms with Gasteiger partial charge in [0.15, 0.2) is 0 Å². The summed E-state index contributed by atoms with van der Waals surface area (Å²) in [5, 5.41) is 11.6. The van der Waals surface area contributed by atoms with Gasteiger partial charge >= 0.3 is 5.97 Å². The Morgan fingerprint density at radius 2 is 2.41 bits per heavy atom. The standard InChI is InChI=1S/C11H14N2O4/c1-7-4-8(17-10(7)11(15)16)5-13-3-2-12-9(14)6-13/h4H,2-3,5-6H2,1H3,(H,12,14)(H,15,16). The molecule has 2 rings (SSSR count). The maximum Gasteiger partial charge on any atom is 0.372 e. The number of rotatable bonds is 3. The van der Waals surface area contributed by atoms with E-state index in [1.807, 2.05) is 4.90 Å². The van der Waals surface area contributed by atoms with Crippen molar-refractivity contribution >= 4 is 11.9 Å². The molecule has 0 bridgehead atoms. The second-order valence-corrected chi connectivity index (χ2v) is 4.09. The lowest BCUT2D eigenvalue weighted by Crippen LogP contribution is -2.47. The number of nitrogens with zero attached hydrogens (tertiary/aromatic N) is 1. The second kappa shape index (κ2) is 4.58. The van der Waals surface area contributed by atoms with Crippen molar-refractivity contribution in [3.05, 3.63) is 23.2 Å². The van der Waals surface area contributed by atoms with Crippen LogP contribution in [0.15, 0.2) is 10.5 Å². The minimum atomic E-state index is -1.06. The van der Waals surface area contributed by atoms with E-state index in [0.717, 1.165) is 6.54 Å². The van der Waals surface area contributed by atoms with E-state index in [1.165, 1.54) is 0 Å². The Labute approximate surface area is 98.2 Å². The van der Waals surface area contributed by atoms with Crippen molar-refractivity contribution < 1.29 is 19.1 Å². The summed E-state index contributed by atoms with van der Waals surface area (Å²) in [4.78, 5) is 23.9. The van der Waals surface area contributed by atoms with E-state index < -0.39 is 5.97 Å². The Hall–Kier alpha value is -1.82. The van der Waals surface area contributed by atoms with Gasteiger partial charge in [0.1, 0.15) is 5.76 Å². The third-order valence-corrected chi connectivity index (χ3v) is 2.66. The molecule has 0 aromatic carbocycles. The minimum absolute atomic E-state index is 0.0158. The zero-order valence-electron chi connectivity index (χ0n) is 9.52. The van der Waals surface area contributed by atoms with Crippen molar-refractivity contribution in [1.82, 2.24) is 10.2 Å². The number of hydrogen-bond donors (Lipinski definition) is 2. The summed E-state index contributed by atoms with van der Waals surface area (Å²) in [6.45, 7) is 3.83. The molecule has 0 spiro atoms. The van der Waals surface area contributed by atoms with E-state index >= 15 is 0 Å². The van der Waals surface area contributed by atoms with Crippen LogP contribution in [-0.4, -0.2) is 41.5 Å². The van der Waals surface area contributed by atoms with E-state index in [0.29, 0.717) is 31.0 Å². The number of carboxylic acids is 1. The van der Waals surface area contributed by atoms with Crippen LogP contribution in [0.2, 0.25) is 0 Å². The molecule has 1 saturated heterocycles. The molecule has 1 amide bonds. The highest BCUT2D eigenvalue weighted by Crippen LogP contribution is 2.16. The highest BCUT2D eigenvalue weighted by molar-refractivity contribution is 5.86. The van der Waals surface area contributed by atoms with Crippen LogP contribution in [0.4, 0.5) is 0 Å². The van der Waals surface area contributed by atoms with Crippen LogP contribution in [0.5, 0.6) is 0 Å². The van der Waals surface area contributed by atoms with E-state index in [4.69, 9.17) is 9.52 Å². The lowest BCUT2D eigenvalue weighted by Gasteiger charge is -2.25. The molecule has 6 heteroatoms. The molecule has 2 heterocycles. The summed E-state index contributed by atoms with van der Waals surface area (Å²) in [5.74, 6) is -0.529. The highest BCUT2D eigenvalue weighted by atomic mass is 16.4. The van der Waals surface area contributed by atoms with Crippen molar-refractivity contribution in [2.24, 2.45) is 0 Å². The normalized spacial score (nSPS) is 16.9. The van der Waals surface area contributed by atoms with Gasteiger partial charge in [0.2, 0.25) is 11.7 Å². The first-order chi connectivity index (χ1) is 8.06. The van der Waals surface area contributed by atoms with Crippen LogP contribution in [0.25, 0.3) is 0 Å². The summed E-state index contributed by atoms with van der Waals surface area (Å²) in [6, 6.07) is 1.70. The smallest absolute Gasteiger partial charge is 0.372 e. The van der Waals surface area contributed by atoms with Crippen molar-refractivity contribution in [1.29, 1.82) is 0 Å². The van der Waals surface area contributed by atoms with Gasteiger partial charge in [-0.25, -0.2) is 4.79 Å². The first-order valence-electron chi connectivity index (χ1n) is 5.38. The number of carboxylic acid groups (broad SMARTS) is 1. The van der Waals surface area contributed by atoms with Gasteiger partial charge in [-0.2, -0.15) is 0 Å². The fraction of sp³-hybridized carbons (Fsp3) is 0.455. The summed E-state index contributed by atoms with van der Waals surface area (Å²) in [6.07, 6.45) is 0. The van der Waals surface area contributed by atoms with Gasteiger partial charge in [0.25, 0.3) is 0 Å². The number of piperazine rings is 1. The maximum atomic E-state index is 11.2. The number of furan rings is 1. The van der Waals surface area contributed by atoms with Gasteiger partial charge < -0.3 is 14.8 Å². The number of carbonyl (C=O) groups excluding carboxylic acids is 1. The van der Waals surface area contributed by atoms with Gasteiger partial charge in [-0.1, -0.05) is 0 Å². The molecule has 2 N–H and O–H groups in total. The predicted molar refractivity (Wildman–Crippen MR) is 58.7 cm³/mol. The number of nitrogens with one attached hydrogen (secondary N) is 1. The fourth-order valence-corrected chi connectivity index (χ4v) is 1.89. The topological polar surface area (TPSA) is 82.8 Å². The largest absolute Gasteiger partial charge is 0.475 e. The summed E-state index contributed by atoms with van der Waals surface area (Å²) in [7, 11) is 0. The summed E-state index contributed by atoms with van der Waals surface area (Å²) in [5.41, 5.74) is 0.606. The first kappa shape index (κ1) is 11.7. The Kier molecular flexibility index (Phi) is 3.14. The SMILES string of the molecule is Cc1cc(CN2CCNC(=O)C2)oc1C(=O)O. The Bertz CT molecular complexity index is 452. The molecule has 92 valence electrons. The molecule has 0 atom stereocenters. The molecule has 0 aliphatic carbocycles. The predicted octanol–water partition coefficient (Wildman–Crippen LogP) is 0.218. The quantitative estimate of drug-likeness (QED) is 0.787.